The van der Waals surface area contributed by atoms with Crippen LogP contribution < -0.4 is 10.5 Å². The summed E-state index contributed by atoms with van der Waals surface area (Å²) in [5.41, 5.74) is 5.78. The summed E-state index contributed by atoms with van der Waals surface area (Å²) in [4.78, 5) is 1.11. The second-order valence-corrected chi connectivity index (χ2v) is 7.82. The van der Waals surface area contributed by atoms with Crippen LogP contribution in [0, 0.1) is 0 Å². The van der Waals surface area contributed by atoms with E-state index < -0.39 is 0 Å². The Morgan fingerprint density at radius 1 is 1.17 bits per heavy atom. The van der Waals surface area contributed by atoms with Gasteiger partial charge in [-0.25, -0.2) is 0 Å². The van der Waals surface area contributed by atoms with Crippen LogP contribution in [0.5, 0.6) is 5.75 Å². The molecule has 1 aromatic carbocycles. The van der Waals surface area contributed by atoms with Crippen LogP contribution in [0.4, 0.5) is 0 Å². The van der Waals surface area contributed by atoms with Crippen molar-refractivity contribution in [2.45, 2.75) is 6.10 Å². The number of rotatable bonds is 4. The predicted molar refractivity (Wildman–Crippen MR) is 86.3 cm³/mol. The molecule has 0 spiro atoms. The van der Waals surface area contributed by atoms with Crippen LogP contribution in [0.15, 0.2) is 43.1 Å². The number of benzene rings is 1. The molecule has 1 atom stereocenters. The lowest BCUT2D eigenvalue weighted by atomic mass is 10.3. The van der Waals surface area contributed by atoms with Crippen LogP contribution >= 0.6 is 59.1 Å². The molecule has 0 aliphatic heterocycles. The van der Waals surface area contributed by atoms with Crippen LogP contribution in [-0.2, 0) is 0 Å². The van der Waals surface area contributed by atoms with Crippen molar-refractivity contribution in [3.05, 3.63) is 47.9 Å². The molecule has 2 rings (SSSR count). The van der Waals surface area contributed by atoms with Crippen molar-refractivity contribution < 1.29 is 4.74 Å². The average Bonchev–Trinajstić information content (AvgIpc) is 2.75. The summed E-state index contributed by atoms with van der Waals surface area (Å²) in [6.07, 6.45) is -0.126. The molecule has 0 fully saturated rings. The van der Waals surface area contributed by atoms with E-state index in [0.717, 1.165) is 23.4 Å². The highest BCUT2D eigenvalue weighted by Gasteiger charge is 2.15. The summed E-state index contributed by atoms with van der Waals surface area (Å²) in [6, 6.07) is 9.84. The molecule has 0 saturated carbocycles. The van der Waals surface area contributed by atoms with Crippen molar-refractivity contribution >= 4 is 59.1 Å². The van der Waals surface area contributed by atoms with Gasteiger partial charge in [-0.3, -0.25) is 0 Å². The highest BCUT2D eigenvalue weighted by Crippen LogP contribution is 2.34. The zero-order chi connectivity index (χ0) is 13.1. The minimum absolute atomic E-state index is 0.126. The molecule has 6 heteroatoms. The van der Waals surface area contributed by atoms with Gasteiger partial charge < -0.3 is 10.5 Å². The second-order valence-electron chi connectivity index (χ2n) is 3.56. The smallest absolute Gasteiger partial charge is 0.145 e. The summed E-state index contributed by atoms with van der Waals surface area (Å²) in [6.45, 7) is 0.440. The van der Waals surface area contributed by atoms with Gasteiger partial charge in [-0.2, -0.15) is 0 Å². The van der Waals surface area contributed by atoms with E-state index in [4.69, 9.17) is 10.5 Å². The lowest BCUT2D eigenvalue weighted by Gasteiger charge is -2.17. The van der Waals surface area contributed by atoms with Crippen LogP contribution in [0.2, 0.25) is 0 Å². The Kier molecular flexibility index (Phi) is 5.26. The maximum atomic E-state index is 5.95. The van der Waals surface area contributed by atoms with E-state index in [0.29, 0.717) is 6.54 Å². The molecule has 96 valence electrons. The monoisotopic (exact) mass is 453 g/mol. The first-order chi connectivity index (χ1) is 8.60. The molecule has 1 aromatic heterocycles. The van der Waals surface area contributed by atoms with Gasteiger partial charge in [0.15, 0.2) is 0 Å². The molecule has 1 unspecified atom stereocenters. The van der Waals surface area contributed by atoms with Gasteiger partial charge in [-0.05, 0) is 62.2 Å². The minimum Gasteiger partial charge on any atom is -0.482 e. The third-order valence-corrected chi connectivity index (χ3v) is 5.12. The molecule has 1 heterocycles. The van der Waals surface area contributed by atoms with Crippen molar-refractivity contribution in [1.29, 1.82) is 0 Å². The molecule has 0 aliphatic rings. The third-order valence-electron chi connectivity index (χ3n) is 2.29. The quantitative estimate of drug-likeness (QED) is 0.694. The summed E-state index contributed by atoms with van der Waals surface area (Å²) in [7, 11) is 0. The first kappa shape index (κ1) is 14.5. The summed E-state index contributed by atoms with van der Waals surface area (Å²) >= 11 is 12.0. The number of ether oxygens (including phenoxy) is 1. The first-order valence-electron chi connectivity index (χ1n) is 5.17. The predicted octanol–water partition coefficient (Wildman–Crippen LogP) is 5.11. The van der Waals surface area contributed by atoms with Crippen molar-refractivity contribution in [2.24, 2.45) is 5.73 Å². The average molecular weight is 456 g/mol. The van der Waals surface area contributed by atoms with E-state index in [-0.39, 0.29) is 6.10 Å². The van der Waals surface area contributed by atoms with Gasteiger partial charge in [0.2, 0.25) is 0 Å². The van der Waals surface area contributed by atoms with Gasteiger partial charge >= 0.3 is 0 Å². The largest absolute Gasteiger partial charge is 0.482 e. The number of halogens is 3. The molecule has 18 heavy (non-hydrogen) atoms. The second kappa shape index (κ2) is 6.52. The van der Waals surface area contributed by atoms with E-state index >= 15 is 0 Å². The number of nitrogens with two attached hydrogens (primary N) is 1. The molecule has 2 N–H and O–H groups in total. The molecule has 2 aromatic rings. The molecule has 0 amide bonds. The van der Waals surface area contributed by atoms with E-state index in [2.05, 4.69) is 47.8 Å². The fourth-order valence-electron chi connectivity index (χ4n) is 1.45. The number of hydrogen-bond acceptors (Lipinski definition) is 3. The zero-order valence-electron chi connectivity index (χ0n) is 9.20. The van der Waals surface area contributed by atoms with Crippen molar-refractivity contribution in [3.63, 3.8) is 0 Å². The third kappa shape index (κ3) is 3.57. The summed E-state index contributed by atoms with van der Waals surface area (Å²) in [5.74, 6) is 0.790. The Labute approximate surface area is 135 Å². The Hall–Kier alpha value is 0.120. The van der Waals surface area contributed by atoms with E-state index in [1.54, 1.807) is 11.3 Å². The first-order valence-corrected chi connectivity index (χ1v) is 8.36. The number of thiophene rings is 1. The maximum absolute atomic E-state index is 5.95. The zero-order valence-corrected chi connectivity index (χ0v) is 14.8. The van der Waals surface area contributed by atoms with Gasteiger partial charge in [-0.1, -0.05) is 15.9 Å². The highest BCUT2D eigenvalue weighted by molar-refractivity contribution is 9.11. The Morgan fingerprint density at radius 2 is 1.94 bits per heavy atom. The molecular weight excluding hydrogens is 446 g/mol. The van der Waals surface area contributed by atoms with Crippen LogP contribution in [0.3, 0.4) is 0 Å². The van der Waals surface area contributed by atoms with Crippen molar-refractivity contribution in [1.82, 2.24) is 0 Å². The Morgan fingerprint density at radius 3 is 2.50 bits per heavy atom. The number of hydrogen-bond donors (Lipinski definition) is 1. The summed E-state index contributed by atoms with van der Waals surface area (Å²) < 4.78 is 8.94. The molecular formula is C12H10Br3NOS. The maximum Gasteiger partial charge on any atom is 0.145 e. The van der Waals surface area contributed by atoms with E-state index in [1.165, 1.54) is 0 Å². The van der Waals surface area contributed by atoms with Crippen molar-refractivity contribution in [3.8, 4) is 5.75 Å². The van der Waals surface area contributed by atoms with Gasteiger partial charge in [-0.15, -0.1) is 11.3 Å². The summed E-state index contributed by atoms with van der Waals surface area (Å²) in [5, 5.41) is 0. The van der Waals surface area contributed by atoms with Gasteiger partial charge in [0.25, 0.3) is 0 Å². The lowest BCUT2D eigenvalue weighted by molar-refractivity contribution is 0.216. The van der Waals surface area contributed by atoms with Gasteiger partial charge in [0.05, 0.1) is 8.26 Å². The van der Waals surface area contributed by atoms with E-state index in [9.17, 15) is 0 Å². The lowest BCUT2D eigenvalue weighted by Crippen LogP contribution is -2.17. The molecule has 0 saturated heterocycles. The SMILES string of the molecule is NCC(Oc1ccc(Br)cc1Br)c1ccc(Br)s1. The fraction of sp³-hybridized carbons (Fsp3) is 0.167. The molecule has 0 bridgehead atoms. The van der Waals surface area contributed by atoms with Crippen LogP contribution in [0.1, 0.15) is 11.0 Å². The van der Waals surface area contributed by atoms with Gasteiger partial charge in [0.1, 0.15) is 11.9 Å². The highest BCUT2D eigenvalue weighted by atomic mass is 79.9. The molecule has 0 radical (unpaired) electrons. The standard InChI is InChI=1S/C12H10Br3NOS/c13-7-1-2-9(8(14)5-7)17-10(6-16)11-3-4-12(15)18-11/h1-5,10H,6,16H2. The molecule has 2 nitrogen and oxygen atoms in total. The minimum atomic E-state index is -0.126. The van der Waals surface area contributed by atoms with Crippen molar-refractivity contribution in [2.75, 3.05) is 6.54 Å². The van der Waals surface area contributed by atoms with Gasteiger partial charge in [0, 0.05) is 15.9 Å². The normalized spacial score (nSPS) is 12.4. The molecule has 0 aliphatic carbocycles. The topological polar surface area (TPSA) is 35.2 Å². The van der Waals surface area contributed by atoms with Crippen LogP contribution in [0.25, 0.3) is 0 Å². The van der Waals surface area contributed by atoms with Crippen LogP contribution in [-0.4, -0.2) is 6.54 Å². The van der Waals surface area contributed by atoms with E-state index in [1.807, 2.05) is 30.3 Å². The fourth-order valence-corrected chi connectivity index (χ4v) is 4.05. The Balaban J connectivity index is 2.20. The Bertz CT molecular complexity index is 544.